The highest BCUT2D eigenvalue weighted by Crippen LogP contribution is 2.11. The number of hydrogen-bond acceptors (Lipinski definition) is 4. The van der Waals surface area contributed by atoms with Crippen LogP contribution in [0.3, 0.4) is 0 Å². The van der Waals surface area contributed by atoms with Gasteiger partial charge in [0, 0.05) is 19.3 Å². The molecule has 18 heavy (non-hydrogen) atoms. The quantitative estimate of drug-likeness (QED) is 0.830. The summed E-state index contributed by atoms with van der Waals surface area (Å²) in [5.41, 5.74) is 0.875. The second-order valence-electron chi connectivity index (χ2n) is 4.70. The standard InChI is InChI=1S/C12H16N4OS/c17-10-4-7-14(8-5-10)9-16-12(18)15-6-2-1-3-11(15)13-16/h1-3,6,10,17H,4-5,7-9H2. The van der Waals surface area contributed by atoms with Crippen molar-refractivity contribution in [3.63, 3.8) is 0 Å². The van der Waals surface area contributed by atoms with Crippen LogP contribution in [-0.4, -0.2) is 43.4 Å². The van der Waals surface area contributed by atoms with Crippen LogP contribution in [0, 0.1) is 4.77 Å². The summed E-state index contributed by atoms with van der Waals surface area (Å²) in [5, 5.41) is 14.0. The van der Waals surface area contributed by atoms with Gasteiger partial charge in [0.2, 0.25) is 4.77 Å². The highest BCUT2D eigenvalue weighted by atomic mass is 32.1. The van der Waals surface area contributed by atoms with Crippen LogP contribution >= 0.6 is 12.2 Å². The van der Waals surface area contributed by atoms with E-state index in [0.717, 1.165) is 36.3 Å². The van der Waals surface area contributed by atoms with Crippen molar-refractivity contribution in [2.75, 3.05) is 13.1 Å². The van der Waals surface area contributed by atoms with Gasteiger partial charge >= 0.3 is 0 Å². The number of fused-ring (bicyclic) bond motifs is 1. The summed E-state index contributed by atoms with van der Waals surface area (Å²) in [6.07, 6.45) is 3.46. The molecule has 0 amide bonds. The summed E-state index contributed by atoms with van der Waals surface area (Å²) in [7, 11) is 0. The van der Waals surface area contributed by atoms with Crippen molar-refractivity contribution in [2.45, 2.75) is 25.6 Å². The molecule has 96 valence electrons. The first kappa shape index (κ1) is 11.8. The van der Waals surface area contributed by atoms with Crippen molar-refractivity contribution in [3.05, 3.63) is 29.2 Å². The molecule has 0 aliphatic carbocycles. The average molecular weight is 264 g/mol. The number of hydrogen-bond donors (Lipinski definition) is 1. The fourth-order valence-electron chi connectivity index (χ4n) is 2.31. The monoisotopic (exact) mass is 264 g/mol. The third kappa shape index (κ3) is 2.19. The van der Waals surface area contributed by atoms with Crippen LogP contribution in [0.2, 0.25) is 0 Å². The van der Waals surface area contributed by atoms with E-state index in [0.29, 0.717) is 6.67 Å². The largest absolute Gasteiger partial charge is 0.393 e. The predicted octanol–water partition coefficient (Wildman–Crippen LogP) is 1.28. The SMILES string of the molecule is OC1CCN(Cn2nc3ccccn3c2=S)CC1. The number of aliphatic hydroxyl groups excluding tert-OH is 1. The van der Waals surface area contributed by atoms with Crippen LogP contribution in [0.4, 0.5) is 0 Å². The van der Waals surface area contributed by atoms with E-state index in [9.17, 15) is 5.11 Å². The lowest BCUT2D eigenvalue weighted by Gasteiger charge is -2.28. The van der Waals surface area contributed by atoms with Crippen LogP contribution < -0.4 is 0 Å². The van der Waals surface area contributed by atoms with Crippen molar-refractivity contribution in [2.24, 2.45) is 0 Å². The zero-order chi connectivity index (χ0) is 12.5. The first-order chi connectivity index (χ1) is 8.74. The molecule has 1 fully saturated rings. The second-order valence-corrected chi connectivity index (χ2v) is 5.07. The lowest BCUT2D eigenvalue weighted by molar-refractivity contribution is 0.0652. The molecule has 6 heteroatoms. The van der Waals surface area contributed by atoms with Crippen LogP contribution in [0.5, 0.6) is 0 Å². The van der Waals surface area contributed by atoms with Crippen molar-refractivity contribution < 1.29 is 5.11 Å². The van der Waals surface area contributed by atoms with Gasteiger partial charge in [-0.2, -0.15) is 5.10 Å². The van der Waals surface area contributed by atoms with E-state index in [1.165, 1.54) is 0 Å². The number of aliphatic hydroxyl groups is 1. The first-order valence-electron chi connectivity index (χ1n) is 6.19. The van der Waals surface area contributed by atoms with Gasteiger partial charge < -0.3 is 5.11 Å². The summed E-state index contributed by atoms with van der Waals surface area (Å²) in [4.78, 5) is 2.27. The fourth-order valence-corrected chi connectivity index (χ4v) is 2.56. The smallest absolute Gasteiger partial charge is 0.203 e. The lowest BCUT2D eigenvalue weighted by atomic mass is 10.1. The minimum atomic E-state index is -0.143. The maximum absolute atomic E-state index is 9.49. The molecule has 2 aromatic heterocycles. The third-order valence-electron chi connectivity index (χ3n) is 3.38. The van der Waals surface area contributed by atoms with E-state index in [2.05, 4.69) is 10.00 Å². The predicted molar refractivity (Wildman–Crippen MR) is 70.8 cm³/mol. The first-order valence-corrected chi connectivity index (χ1v) is 6.59. The van der Waals surface area contributed by atoms with Gasteiger partial charge in [0.25, 0.3) is 0 Å². The van der Waals surface area contributed by atoms with Crippen LogP contribution in [0.25, 0.3) is 5.65 Å². The van der Waals surface area contributed by atoms with Gasteiger partial charge in [0.1, 0.15) is 0 Å². The summed E-state index contributed by atoms with van der Waals surface area (Å²) >= 11 is 5.41. The molecule has 1 aliphatic rings. The molecule has 0 atom stereocenters. The Hall–Kier alpha value is -1.24. The molecule has 0 spiro atoms. The topological polar surface area (TPSA) is 45.7 Å². The zero-order valence-electron chi connectivity index (χ0n) is 10.1. The molecule has 1 saturated heterocycles. The molecule has 2 aromatic rings. The Morgan fingerprint density at radius 2 is 2.11 bits per heavy atom. The van der Waals surface area contributed by atoms with E-state index in [1.54, 1.807) is 0 Å². The Morgan fingerprint density at radius 3 is 2.83 bits per heavy atom. The number of likely N-dealkylation sites (tertiary alicyclic amines) is 1. The Morgan fingerprint density at radius 1 is 1.33 bits per heavy atom. The van der Waals surface area contributed by atoms with E-state index in [4.69, 9.17) is 12.2 Å². The zero-order valence-corrected chi connectivity index (χ0v) is 10.9. The molecule has 5 nitrogen and oxygen atoms in total. The van der Waals surface area contributed by atoms with Crippen molar-refractivity contribution in [1.29, 1.82) is 0 Å². The number of nitrogens with zero attached hydrogens (tertiary/aromatic N) is 4. The second kappa shape index (κ2) is 4.79. The highest BCUT2D eigenvalue weighted by Gasteiger charge is 2.17. The summed E-state index contributed by atoms with van der Waals surface area (Å²) in [5.74, 6) is 0. The van der Waals surface area contributed by atoms with Crippen LogP contribution in [0.15, 0.2) is 24.4 Å². The summed E-state index contributed by atoms with van der Waals surface area (Å²) in [6.45, 7) is 2.50. The molecule has 0 saturated carbocycles. The summed E-state index contributed by atoms with van der Waals surface area (Å²) < 4.78 is 4.48. The highest BCUT2D eigenvalue weighted by molar-refractivity contribution is 7.71. The van der Waals surface area contributed by atoms with Gasteiger partial charge in [-0.3, -0.25) is 9.30 Å². The molecule has 3 rings (SSSR count). The molecule has 0 bridgehead atoms. The maximum Gasteiger partial charge on any atom is 0.203 e. The van der Waals surface area contributed by atoms with Crippen LogP contribution in [-0.2, 0) is 6.67 Å². The molecular weight excluding hydrogens is 248 g/mol. The summed E-state index contributed by atoms with van der Waals surface area (Å²) in [6, 6.07) is 5.86. The van der Waals surface area contributed by atoms with Crippen LogP contribution in [0.1, 0.15) is 12.8 Å². The van der Waals surface area contributed by atoms with Gasteiger partial charge in [0.15, 0.2) is 5.65 Å². The van der Waals surface area contributed by atoms with Crippen molar-refractivity contribution in [3.8, 4) is 0 Å². The van der Waals surface area contributed by atoms with Gasteiger partial charge in [0.05, 0.1) is 12.8 Å². The van der Waals surface area contributed by atoms with E-state index in [-0.39, 0.29) is 6.10 Å². The fraction of sp³-hybridized carbons (Fsp3) is 0.500. The average Bonchev–Trinajstić information content (AvgIpc) is 2.70. The Balaban J connectivity index is 1.82. The molecule has 0 aromatic carbocycles. The molecule has 0 unspecified atom stereocenters. The Kier molecular flexibility index (Phi) is 3.15. The normalized spacial score (nSPS) is 18.5. The van der Waals surface area contributed by atoms with Gasteiger partial charge in [-0.1, -0.05) is 6.07 Å². The Labute approximate surface area is 110 Å². The minimum absolute atomic E-state index is 0.143. The molecule has 1 N–H and O–H groups in total. The molecule has 3 heterocycles. The van der Waals surface area contributed by atoms with E-state index in [1.807, 2.05) is 33.5 Å². The number of pyridine rings is 1. The van der Waals surface area contributed by atoms with Crippen molar-refractivity contribution >= 4 is 17.9 Å². The third-order valence-corrected chi connectivity index (χ3v) is 3.79. The van der Waals surface area contributed by atoms with Gasteiger partial charge in [-0.15, -0.1) is 0 Å². The number of aromatic nitrogens is 3. The van der Waals surface area contributed by atoms with Crippen molar-refractivity contribution in [1.82, 2.24) is 19.1 Å². The van der Waals surface area contributed by atoms with Gasteiger partial charge in [-0.25, -0.2) is 4.68 Å². The molecule has 1 aliphatic heterocycles. The van der Waals surface area contributed by atoms with E-state index >= 15 is 0 Å². The minimum Gasteiger partial charge on any atom is -0.393 e. The molecular formula is C12H16N4OS. The number of rotatable bonds is 2. The van der Waals surface area contributed by atoms with Gasteiger partial charge in [-0.05, 0) is 37.2 Å². The maximum atomic E-state index is 9.49. The lowest BCUT2D eigenvalue weighted by Crippen LogP contribution is -2.37. The number of piperidine rings is 1. The van der Waals surface area contributed by atoms with E-state index < -0.39 is 0 Å². The Bertz CT molecular complexity index is 597. The molecule has 0 radical (unpaired) electrons.